The number of aromatic nitrogens is 4. The number of rotatable bonds is 3. The van der Waals surface area contributed by atoms with E-state index in [1.807, 2.05) is 0 Å². The molecule has 0 aliphatic heterocycles. The third kappa shape index (κ3) is 2.45. The van der Waals surface area contributed by atoms with Crippen LogP contribution in [0.5, 0.6) is 5.75 Å². The fraction of sp³-hybridized carbons (Fsp3) is 0.154. The summed E-state index contributed by atoms with van der Waals surface area (Å²) in [5.41, 5.74) is 2.09. The number of H-pyrrole nitrogens is 1. The van der Waals surface area contributed by atoms with Crippen molar-refractivity contribution in [2.75, 3.05) is 13.4 Å². The highest BCUT2D eigenvalue weighted by molar-refractivity contribution is 7.90. The van der Waals surface area contributed by atoms with Gasteiger partial charge in [0, 0.05) is 6.26 Å². The summed E-state index contributed by atoms with van der Waals surface area (Å²) >= 11 is 0. The van der Waals surface area contributed by atoms with Gasteiger partial charge in [-0.3, -0.25) is 0 Å². The van der Waals surface area contributed by atoms with Gasteiger partial charge in [0.25, 0.3) is 0 Å². The molecule has 0 atom stereocenters. The highest BCUT2D eigenvalue weighted by Crippen LogP contribution is 2.31. The first-order chi connectivity index (χ1) is 9.99. The van der Waals surface area contributed by atoms with Crippen LogP contribution in [-0.2, 0) is 9.84 Å². The van der Waals surface area contributed by atoms with Gasteiger partial charge in [-0.15, -0.1) is 0 Å². The Morgan fingerprint density at radius 1 is 1.19 bits per heavy atom. The Morgan fingerprint density at radius 3 is 2.62 bits per heavy atom. The number of hydrogen-bond acceptors (Lipinski definition) is 6. The van der Waals surface area contributed by atoms with Gasteiger partial charge in [-0.1, -0.05) is 0 Å². The number of hydrogen-bond donors (Lipinski definition) is 1. The molecule has 0 saturated heterocycles. The van der Waals surface area contributed by atoms with Gasteiger partial charge in [0.15, 0.2) is 9.84 Å². The Balaban J connectivity index is 2.17. The summed E-state index contributed by atoms with van der Waals surface area (Å²) in [5.74, 6) is 0.995. The van der Waals surface area contributed by atoms with Gasteiger partial charge in [0.2, 0.25) is 0 Å². The third-order valence-electron chi connectivity index (χ3n) is 3.05. The molecule has 21 heavy (non-hydrogen) atoms. The molecule has 0 unspecified atom stereocenters. The molecule has 0 spiro atoms. The molecule has 0 aliphatic carbocycles. The van der Waals surface area contributed by atoms with Crippen LogP contribution in [0, 0.1) is 0 Å². The Kier molecular flexibility index (Phi) is 3.09. The highest BCUT2D eigenvalue weighted by atomic mass is 32.2. The number of imidazole rings is 1. The molecular formula is C13H12N4O3S. The fourth-order valence-corrected chi connectivity index (χ4v) is 2.64. The zero-order valence-corrected chi connectivity index (χ0v) is 12.2. The molecule has 3 rings (SSSR count). The molecule has 0 saturated carbocycles. The summed E-state index contributed by atoms with van der Waals surface area (Å²) in [6.45, 7) is 0. The number of ether oxygens (including phenoxy) is 1. The van der Waals surface area contributed by atoms with Crippen LogP contribution in [0.15, 0.2) is 35.5 Å². The first-order valence-corrected chi connectivity index (χ1v) is 7.93. The van der Waals surface area contributed by atoms with Gasteiger partial charge in [0.1, 0.15) is 17.1 Å². The predicted octanol–water partition coefficient (Wildman–Crippen LogP) is 1.43. The number of nitrogens with zero attached hydrogens (tertiary/aromatic N) is 3. The number of fused-ring (bicyclic) bond motifs is 1. The molecule has 0 radical (unpaired) electrons. The maximum atomic E-state index is 11.6. The summed E-state index contributed by atoms with van der Waals surface area (Å²) in [5, 5.41) is 7.54. The molecule has 1 N–H and O–H groups in total. The predicted molar refractivity (Wildman–Crippen MR) is 76.8 cm³/mol. The average molecular weight is 304 g/mol. The number of benzene rings is 1. The molecule has 0 amide bonds. The van der Waals surface area contributed by atoms with E-state index in [0.717, 1.165) is 11.8 Å². The lowest BCUT2D eigenvalue weighted by molar-refractivity contribution is 0.415. The molecule has 0 bridgehead atoms. The molecule has 0 fully saturated rings. The summed E-state index contributed by atoms with van der Waals surface area (Å²) in [7, 11) is -1.81. The average Bonchev–Trinajstić information content (AvgIpc) is 2.89. The van der Waals surface area contributed by atoms with Crippen LogP contribution >= 0.6 is 0 Å². The van der Waals surface area contributed by atoms with Crippen LogP contribution < -0.4 is 4.74 Å². The molecule has 108 valence electrons. The highest BCUT2D eigenvalue weighted by Gasteiger charge is 2.15. The first-order valence-electron chi connectivity index (χ1n) is 6.04. The first kappa shape index (κ1) is 13.5. The van der Waals surface area contributed by atoms with E-state index in [1.54, 1.807) is 18.5 Å². The van der Waals surface area contributed by atoms with Crippen molar-refractivity contribution >= 4 is 20.9 Å². The summed E-state index contributed by atoms with van der Waals surface area (Å²) < 4.78 is 28.5. The smallest absolute Gasteiger partial charge is 0.175 e. The van der Waals surface area contributed by atoms with Crippen molar-refractivity contribution < 1.29 is 13.2 Å². The van der Waals surface area contributed by atoms with E-state index in [0.29, 0.717) is 22.7 Å². The van der Waals surface area contributed by atoms with E-state index in [4.69, 9.17) is 4.74 Å². The lowest BCUT2D eigenvalue weighted by Gasteiger charge is -2.08. The third-order valence-corrected chi connectivity index (χ3v) is 4.16. The lowest BCUT2D eigenvalue weighted by atomic mass is 10.2. The Labute approximate surface area is 120 Å². The fourth-order valence-electron chi connectivity index (χ4n) is 2.00. The van der Waals surface area contributed by atoms with Gasteiger partial charge in [-0.05, 0) is 18.2 Å². The number of methoxy groups -OCH3 is 1. The van der Waals surface area contributed by atoms with E-state index in [-0.39, 0.29) is 4.90 Å². The maximum absolute atomic E-state index is 11.6. The van der Waals surface area contributed by atoms with Crippen LogP contribution in [0.2, 0.25) is 0 Å². The monoisotopic (exact) mass is 304 g/mol. The zero-order valence-electron chi connectivity index (χ0n) is 11.4. The lowest BCUT2D eigenvalue weighted by Crippen LogP contribution is -1.99. The quantitative estimate of drug-likeness (QED) is 0.786. The van der Waals surface area contributed by atoms with Crippen LogP contribution in [0.3, 0.4) is 0 Å². The van der Waals surface area contributed by atoms with Crippen molar-refractivity contribution in [1.29, 1.82) is 0 Å². The second-order valence-corrected chi connectivity index (χ2v) is 6.52. The Bertz CT molecular complexity index is 885. The SMILES string of the molecule is COc1cc(S(C)(=O)=O)ccc1-c1nc2cnncc2[nH]1. The van der Waals surface area contributed by atoms with E-state index in [9.17, 15) is 8.42 Å². The maximum Gasteiger partial charge on any atom is 0.175 e. The number of aromatic amines is 1. The molecular weight excluding hydrogens is 292 g/mol. The number of sulfone groups is 1. The molecule has 1 aromatic carbocycles. The second-order valence-electron chi connectivity index (χ2n) is 4.51. The van der Waals surface area contributed by atoms with E-state index in [1.165, 1.54) is 19.2 Å². The standard InChI is InChI=1S/C13H12N4O3S/c1-20-12-5-8(21(2,18)19)3-4-9(12)13-16-10-6-14-15-7-11(10)17-13/h3-7H,1-2H3,(H,16,17). The Morgan fingerprint density at radius 2 is 1.95 bits per heavy atom. The van der Waals surface area contributed by atoms with Crippen LogP contribution in [0.4, 0.5) is 0 Å². The Hall–Kier alpha value is -2.48. The van der Waals surface area contributed by atoms with Crippen molar-refractivity contribution in [2.24, 2.45) is 0 Å². The van der Waals surface area contributed by atoms with Gasteiger partial charge in [-0.25, -0.2) is 13.4 Å². The topological polar surface area (TPSA) is 97.8 Å². The normalized spacial score (nSPS) is 11.7. The van der Waals surface area contributed by atoms with Crippen molar-refractivity contribution in [1.82, 2.24) is 20.2 Å². The minimum Gasteiger partial charge on any atom is -0.496 e. The van der Waals surface area contributed by atoms with Gasteiger partial charge in [-0.2, -0.15) is 10.2 Å². The van der Waals surface area contributed by atoms with Crippen molar-refractivity contribution in [3.63, 3.8) is 0 Å². The molecule has 7 nitrogen and oxygen atoms in total. The molecule has 0 aliphatic rings. The minimum atomic E-state index is -3.29. The number of nitrogens with one attached hydrogen (secondary N) is 1. The van der Waals surface area contributed by atoms with E-state index < -0.39 is 9.84 Å². The van der Waals surface area contributed by atoms with Gasteiger partial charge >= 0.3 is 0 Å². The summed E-state index contributed by atoms with van der Waals surface area (Å²) in [4.78, 5) is 7.69. The van der Waals surface area contributed by atoms with Gasteiger partial charge in [0.05, 0.1) is 35.5 Å². The zero-order chi connectivity index (χ0) is 15.0. The molecule has 2 aromatic heterocycles. The second kappa shape index (κ2) is 4.81. The van der Waals surface area contributed by atoms with E-state index in [2.05, 4.69) is 20.2 Å². The van der Waals surface area contributed by atoms with Crippen molar-refractivity contribution in [3.8, 4) is 17.1 Å². The van der Waals surface area contributed by atoms with E-state index >= 15 is 0 Å². The van der Waals surface area contributed by atoms with Crippen LogP contribution in [-0.4, -0.2) is 41.9 Å². The van der Waals surface area contributed by atoms with Crippen LogP contribution in [0.1, 0.15) is 0 Å². The minimum absolute atomic E-state index is 0.197. The molecule has 2 heterocycles. The summed E-state index contributed by atoms with van der Waals surface area (Å²) in [6, 6.07) is 4.67. The van der Waals surface area contributed by atoms with Crippen LogP contribution in [0.25, 0.3) is 22.4 Å². The van der Waals surface area contributed by atoms with Gasteiger partial charge < -0.3 is 9.72 Å². The largest absolute Gasteiger partial charge is 0.496 e. The summed E-state index contributed by atoms with van der Waals surface area (Å²) in [6.07, 6.45) is 4.27. The molecule has 8 heteroatoms. The molecule has 3 aromatic rings. The van der Waals surface area contributed by atoms with Crippen molar-refractivity contribution in [2.45, 2.75) is 4.90 Å². The van der Waals surface area contributed by atoms with Crippen molar-refractivity contribution in [3.05, 3.63) is 30.6 Å².